The van der Waals surface area contributed by atoms with Crippen molar-refractivity contribution in [3.05, 3.63) is 0 Å². The van der Waals surface area contributed by atoms with Crippen LogP contribution >= 0.6 is 0 Å². The lowest BCUT2D eigenvalue weighted by Crippen LogP contribution is -2.54. The monoisotopic (exact) mass is 254 g/mol. The zero-order chi connectivity index (χ0) is 13.7. The van der Waals surface area contributed by atoms with E-state index in [1.807, 2.05) is 0 Å². The van der Waals surface area contributed by atoms with Crippen molar-refractivity contribution in [1.82, 2.24) is 10.2 Å². The lowest BCUT2D eigenvalue weighted by molar-refractivity contribution is 0.0288. The van der Waals surface area contributed by atoms with Crippen molar-refractivity contribution in [1.29, 1.82) is 0 Å². The first kappa shape index (κ1) is 16.0. The van der Waals surface area contributed by atoms with Gasteiger partial charge in [-0.15, -0.1) is 0 Å². The van der Waals surface area contributed by atoms with Gasteiger partial charge in [-0.1, -0.05) is 27.7 Å². The minimum absolute atomic E-state index is 0.685. The molecule has 0 aromatic rings. The molecule has 2 nitrogen and oxygen atoms in total. The molecular weight excluding hydrogens is 220 g/mol. The lowest BCUT2D eigenvalue weighted by Gasteiger charge is -2.47. The summed E-state index contributed by atoms with van der Waals surface area (Å²) in [6.45, 7) is 17.6. The van der Waals surface area contributed by atoms with Crippen LogP contribution in [-0.4, -0.2) is 36.6 Å². The molecule has 0 radical (unpaired) electrons. The fraction of sp³-hybridized carbons (Fsp3) is 1.00. The third kappa shape index (κ3) is 4.89. The van der Waals surface area contributed by atoms with E-state index < -0.39 is 0 Å². The third-order valence-corrected chi connectivity index (χ3v) is 4.00. The topological polar surface area (TPSA) is 15.3 Å². The Morgan fingerprint density at radius 2 is 1.67 bits per heavy atom. The van der Waals surface area contributed by atoms with Gasteiger partial charge in [-0.25, -0.2) is 0 Å². The molecular formula is C16H34N2. The fourth-order valence-corrected chi connectivity index (χ4v) is 2.93. The molecule has 1 aliphatic rings. The summed E-state index contributed by atoms with van der Waals surface area (Å²) < 4.78 is 0. The highest BCUT2D eigenvalue weighted by atomic mass is 15.2. The normalized spacial score (nSPS) is 24.3. The molecule has 2 atom stereocenters. The molecule has 0 aromatic heterocycles. The van der Waals surface area contributed by atoms with E-state index in [1.54, 1.807) is 0 Å². The largest absolute Gasteiger partial charge is 0.316 e. The van der Waals surface area contributed by atoms with Crippen molar-refractivity contribution in [3.8, 4) is 0 Å². The molecule has 1 saturated carbocycles. The van der Waals surface area contributed by atoms with Gasteiger partial charge in [0.05, 0.1) is 0 Å². The van der Waals surface area contributed by atoms with Crippen LogP contribution in [0.1, 0.15) is 54.4 Å². The second-order valence-corrected chi connectivity index (χ2v) is 7.14. The maximum atomic E-state index is 3.64. The van der Waals surface area contributed by atoms with Crippen LogP contribution in [0.5, 0.6) is 0 Å². The Morgan fingerprint density at radius 3 is 2.06 bits per heavy atom. The van der Waals surface area contributed by atoms with E-state index in [4.69, 9.17) is 0 Å². The molecule has 0 saturated heterocycles. The first-order chi connectivity index (χ1) is 8.41. The Labute approximate surface area is 115 Å². The zero-order valence-corrected chi connectivity index (χ0v) is 13.4. The summed E-state index contributed by atoms with van der Waals surface area (Å²) in [5.74, 6) is 2.42. The Bertz CT molecular complexity index is 223. The summed E-state index contributed by atoms with van der Waals surface area (Å²) >= 11 is 0. The predicted octanol–water partition coefficient (Wildman–Crippen LogP) is 3.38. The first-order valence-electron chi connectivity index (χ1n) is 7.88. The van der Waals surface area contributed by atoms with E-state index in [1.165, 1.54) is 25.9 Å². The summed E-state index contributed by atoms with van der Waals surface area (Å²) in [7, 11) is 0. The van der Waals surface area contributed by atoms with Crippen molar-refractivity contribution in [2.75, 3.05) is 19.6 Å². The molecule has 2 unspecified atom stereocenters. The molecule has 0 heterocycles. The van der Waals surface area contributed by atoms with Crippen LogP contribution < -0.4 is 5.32 Å². The molecule has 0 aromatic carbocycles. The van der Waals surface area contributed by atoms with E-state index in [0.29, 0.717) is 6.04 Å². The summed E-state index contributed by atoms with van der Waals surface area (Å²) in [4.78, 5) is 2.73. The third-order valence-electron chi connectivity index (χ3n) is 4.00. The van der Waals surface area contributed by atoms with Gasteiger partial charge in [-0.3, -0.25) is 4.90 Å². The van der Waals surface area contributed by atoms with Crippen LogP contribution in [0.3, 0.4) is 0 Å². The number of nitrogens with zero attached hydrogens (tertiary/aromatic N) is 1. The Kier molecular flexibility index (Phi) is 6.65. The van der Waals surface area contributed by atoms with Gasteiger partial charge in [0, 0.05) is 18.6 Å². The average molecular weight is 254 g/mol. The molecule has 0 aliphatic heterocycles. The van der Waals surface area contributed by atoms with Gasteiger partial charge in [0.15, 0.2) is 0 Å². The van der Waals surface area contributed by atoms with Crippen LogP contribution in [0.15, 0.2) is 0 Å². The SMILES string of the molecule is CC(C)CNCC1CCC1N(CC(C)C)C(C)C. The average Bonchev–Trinajstić information content (AvgIpc) is 2.20. The highest BCUT2D eigenvalue weighted by molar-refractivity contribution is 4.91. The highest BCUT2D eigenvalue weighted by Crippen LogP contribution is 2.33. The Balaban J connectivity index is 2.38. The number of hydrogen-bond acceptors (Lipinski definition) is 2. The Morgan fingerprint density at radius 1 is 1.00 bits per heavy atom. The summed E-state index contributed by atoms with van der Waals surface area (Å²) in [6, 6.07) is 1.51. The fourth-order valence-electron chi connectivity index (χ4n) is 2.93. The molecule has 18 heavy (non-hydrogen) atoms. The van der Waals surface area contributed by atoms with Crippen molar-refractivity contribution in [3.63, 3.8) is 0 Å². The van der Waals surface area contributed by atoms with E-state index in [-0.39, 0.29) is 0 Å². The van der Waals surface area contributed by atoms with Gasteiger partial charge in [0.25, 0.3) is 0 Å². The maximum Gasteiger partial charge on any atom is 0.0139 e. The number of nitrogens with one attached hydrogen (secondary N) is 1. The van der Waals surface area contributed by atoms with Gasteiger partial charge < -0.3 is 5.32 Å². The van der Waals surface area contributed by atoms with E-state index in [0.717, 1.165) is 30.3 Å². The van der Waals surface area contributed by atoms with Crippen LogP contribution in [-0.2, 0) is 0 Å². The molecule has 1 rings (SSSR count). The van der Waals surface area contributed by atoms with Crippen molar-refractivity contribution in [2.24, 2.45) is 17.8 Å². The standard InChI is InChI=1S/C16H34N2/c1-12(2)9-17-10-15-7-8-16(15)18(14(5)6)11-13(3)4/h12-17H,7-11H2,1-6H3. The van der Waals surface area contributed by atoms with Gasteiger partial charge in [0.2, 0.25) is 0 Å². The molecule has 2 heteroatoms. The highest BCUT2D eigenvalue weighted by Gasteiger charge is 2.36. The van der Waals surface area contributed by atoms with Gasteiger partial charge >= 0.3 is 0 Å². The summed E-state index contributed by atoms with van der Waals surface area (Å²) in [5.41, 5.74) is 0. The van der Waals surface area contributed by atoms with Gasteiger partial charge in [-0.05, 0) is 57.5 Å². The minimum Gasteiger partial charge on any atom is -0.316 e. The van der Waals surface area contributed by atoms with Crippen molar-refractivity contribution >= 4 is 0 Å². The first-order valence-corrected chi connectivity index (χ1v) is 7.88. The zero-order valence-electron chi connectivity index (χ0n) is 13.4. The molecule has 1 aliphatic carbocycles. The van der Waals surface area contributed by atoms with Crippen LogP contribution in [0.2, 0.25) is 0 Å². The summed E-state index contributed by atoms with van der Waals surface area (Å²) in [6.07, 6.45) is 2.82. The van der Waals surface area contributed by atoms with Gasteiger partial charge in [-0.2, -0.15) is 0 Å². The molecule has 0 spiro atoms. The molecule has 108 valence electrons. The molecule has 0 amide bonds. The Hall–Kier alpha value is -0.0800. The van der Waals surface area contributed by atoms with E-state index in [9.17, 15) is 0 Å². The predicted molar refractivity (Wildman–Crippen MR) is 80.9 cm³/mol. The van der Waals surface area contributed by atoms with Gasteiger partial charge in [0.1, 0.15) is 0 Å². The van der Waals surface area contributed by atoms with E-state index >= 15 is 0 Å². The number of hydrogen-bond donors (Lipinski definition) is 1. The van der Waals surface area contributed by atoms with E-state index in [2.05, 4.69) is 51.8 Å². The molecule has 1 N–H and O–H groups in total. The minimum atomic E-state index is 0.685. The quantitative estimate of drug-likeness (QED) is 0.714. The molecule has 1 fully saturated rings. The summed E-state index contributed by atoms with van der Waals surface area (Å²) in [5, 5.41) is 3.64. The van der Waals surface area contributed by atoms with Crippen LogP contribution in [0, 0.1) is 17.8 Å². The van der Waals surface area contributed by atoms with Crippen LogP contribution in [0.25, 0.3) is 0 Å². The molecule has 0 bridgehead atoms. The van der Waals surface area contributed by atoms with Crippen molar-refractivity contribution < 1.29 is 0 Å². The smallest absolute Gasteiger partial charge is 0.0139 e. The number of rotatable bonds is 8. The second kappa shape index (κ2) is 7.49. The maximum absolute atomic E-state index is 3.64. The lowest BCUT2D eigenvalue weighted by atomic mass is 9.77. The van der Waals surface area contributed by atoms with Crippen LogP contribution in [0.4, 0.5) is 0 Å². The second-order valence-electron chi connectivity index (χ2n) is 7.14. The van der Waals surface area contributed by atoms with Crippen molar-refractivity contribution in [2.45, 2.75) is 66.5 Å².